The maximum Gasteiger partial charge on any atom is 0.415 e. The first kappa shape index (κ1) is 15.2. The van der Waals surface area contributed by atoms with E-state index in [0.717, 1.165) is 12.8 Å². The van der Waals surface area contributed by atoms with E-state index in [2.05, 4.69) is 5.32 Å². The number of nitrogens with one attached hydrogen (secondary N) is 1. The zero-order valence-electron chi connectivity index (χ0n) is 10.3. The van der Waals surface area contributed by atoms with Crippen molar-refractivity contribution in [3.63, 3.8) is 0 Å². The van der Waals surface area contributed by atoms with Gasteiger partial charge in [-0.25, -0.2) is 0 Å². The molecule has 0 aromatic carbocycles. The molecule has 0 saturated heterocycles. The lowest BCUT2D eigenvalue weighted by molar-refractivity contribution is -0.187. The Labute approximate surface area is 104 Å². The van der Waals surface area contributed by atoms with Gasteiger partial charge in [0.15, 0.2) is 5.54 Å². The monoisotopic (exact) mass is 268 g/mol. The van der Waals surface area contributed by atoms with Crippen molar-refractivity contribution in [2.75, 3.05) is 6.54 Å². The van der Waals surface area contributed by atoms with Crippen LogP contribution in [0.4, 0.5) is 13.2 Å². The SMILES string of the molecule is CC(N)(C(=O)NCC1CCCC(O)C1)C(F)(F)F. The molecule has 106 valence electrons. The molecule has 3 unspecified atom stereocenters. The van der Waals surface area contributed by atoms with E-state index in [1.165, 1.54) is 0 Å². The number of carbonyl (C=O) groups excluding carboxylic acids is 1. The van der Waals surface area contributed by atoms with E-state index < -0.39 is 23.7 Å². The maximum atomic E-state index is 12.5. The molecule has 1 amide bonds. The second-order valence-electron chi connectivity index (χ2n) is 5.10. The minimum atomic E-state index is -4.77. The van der Waals surface area contributed by atoms with Crippen LogP contribution in [0.25, 0.3) is 0 Å². The van der Waals surface area contributed by atoms with Gasteiger partial charge in [0.2, 0.25) is 5.91 Å². The van der Waals surface area contributed by atoms with Gasteiger partial charge in [-0.05, 0) is 32.1 Å². The summed E-state index contributed by atoms with van der Waals surface area (Å²) in [7, 11) is 0. The van der Waals surface area contributed by atoms with Crippen LogP contribution < -0.4 is 11.1 Å². The standard InChI is InChI=1S/C11H19F3N2O2/c1-10(15,11(12,13)14)9(18)16-6-7-3-2-4-8(17)5-7/h7-8,17H,2-6,15H2,1H3,(H,16,18). The van der Waals surface area contributed by atoms with Crippen LogP contribution in [-0.2, 0) is 4.79 Å². The summed E-state index contributed by atoms with van der Waals surface area (Å²) in [6, 6.07) is 0. The molecule has 0 aromatic heterocycles. The fourth-order valence-corrected chi connectivity index (χ4v) is 2.00. The molecule has 1 aliphatic carbocycles. The molecule has 0 spiro atoms. The predicted octanol–water partition coefficient (Wildman–Crippen LogP) is 0.933. The zero-order chi connectivity index (χ0) is 14.0. The average Bonchev–Trinajstić information content (AvgIpc) is 2.24. The molecule has 1 rings (SSSR count). The molecule has 1 fully saturated rings. The number of hydrogen-bond acceptors (Lipinski definition) is 3. The molecule has 0 aromatic rings. The van der Waals surface area contributed by atoms with E-state index in [0.29, 0.717) is 19.8 Å². The Morgan fingerprint density at radius 3 is 2.56 bits per heavy atom. The third-order valence-corrected chi connectivity index (χ3v) is 3.37. The summed E-state index contributed by atoms with van der Waals surface area (Å²) in [5, 5.41) is 11.6. The number of alkyl halides is 3. The van der Waals surface area contributed by atoms with Gasteiger partial charge in [0, 0.05) is 6.54 Å². The van der Waals surface area contributed by atoms with Gasteiger partial charge in [-0.3, -0.25) is 4.79 Å². The van der Waals surface area contributed by atoms with Crippen molar-refractivity contribution in [3.8, 4) is 0 Å². The van der Waals surface area contributed by atoms with Crippen molar-refractivity contribution in [2.24, 2.45) is 11.7 Å². The topological polar surface area (TPSA) is 75.4 Å². The normalized spacial score (nSPS) is 28.6. The molecular weight excluding hydrogens is 249 g/mol. The number of nitrogens with two attached hydrogens (primary N) is 1. The fourth-order valence-electron chi connectivity index (χ4n) is 2.00. The van der Waals surface area contributed by atoms with Crippen molar-refractivity contribution in [1.82, 2.24) is 5.32 Å². The summed E-state index contributed by atoms with van der Waals surface area (Å²) in [5.41, 5.74) is 2.12. The van der Waals surface area contributed by atoms with Crippen LogP contribution in [-0.4, -0.2) is 35.4 Å². The van der Waals surface area contributed by atoms with E-state index in [1.807, 2.05) is 0 Å². The molecule has 1 saturated carbocycles. The molecule has 0 aliphatic heterocycles. The van der Waals surface area contributed by atoms with Crippen LogP contribution in [0, 0.1) is 5.92 Å². The highest BCUT2D eigenvalue weighted by molar-refractivity contribution is 5.86. The number of aliphatic hydroxyl groups excluding tert-OH is 1. The Kier molecular flexibility index (Phi) is 4.61. The summed E-state index contributed by atoms with van der Waals surface area (Å²) in [5.74, 6) is -1.21. The summed E-state index contributed by atoms with van der Waals surface area (Å²) in [6.45, 7) is 0.775. The third-order valence-electron chi connectivity index (χ3n) is 3.37. The quantitative estimate of drug-likeness (QED) is 0.713. The largest absolute Gasteiger partial charge is 0.415 e. The Bertz CT molecular complexity index is 305. The van der Waals surface area contributed by atoms with Crippen LogP contribution in [0.15, 0.2) is 0 Å². The molecule has 0 heterocycles. The predicted molar refractivity (Wildman–Crippen MR) is 59.6 cm³/mol. The number of carbonyl (C=O) groups is 1. The van der Waals surface area contributed by atoms with Crippen LogP contribution >= 0.6 is 0 Å². The van der Waals surface area contributed by atoms with E-state index in [4.69, 9.17) is 5.73 Å². The average molecular weight is 268 g/mol. The lowest BCUT2D eigenvalue weighted by atomic mass is 9.87. The van der Waals surface area contributed by atoms with Crippen LogP contribution in [0.1, 0.15) is 32.6 Å². The lowest BCUT2D eigenvalue weighted by Crippen LogP contribution is -2.61. The first-order chi connectivity index (χ1) is 8.14. The van der Waals surface area contributed by atoms with Crippen LogP contribution in [0.3, 0.4) is 0 Å². The van der Waals surface area contributed by atoms with Crippen LogP contribution in [0.5, 0.6) is 0 Å². The Morgan fingerprint density at radius 2 is 2.06 bits per heavy atom. The van der Waals surface area contributed by atoms with Crippen molar-refractivity contribution < 1.29 is 23.1 Å². The Balaban J connectivity index is 2.46. The Morgan fingerprint density at radius 1 is 1.44 bits per heavy atom. The minimum absolute atomic E-state index is 0.0155. The van der Waals surface area contributed by atoms with Crippen molar-refractivity contribution in [3.05, 3.63) is 0 Å². The van der Waals surface area contributed by atoms with Crippen LogP contribution in [0.2, 0.25) is 0 Å². The molecule has 1 aliphatic rings. The van der Waals surface area contributed by atoms with Crippen molar-refractivity contribution in [2.45, 2.75) is 50.4 Å². The first-order valence-electron chi connectivity index (χ1n) is 5.96. The molecule has 0 bridgehead atoms. The summed E-state index contributed by atoms with van der Waals surface area (Å²) in [4.78, 5) is 11.4. The molecule has 7 heteroatoms. The molecule has 4 N–H and O–H groups in total. The van der Waals surface area contributed by atoms with Gasteiger partial charge in [0.25, 0.3) is 0 Å². The molecule has 0 radical (unpaired) electrons. The zero-order valence-corrected chi connectivity index (χ0v) is 10.3. The fraction of sp³-hybridized carbons (Fsp3) is 0.909. The molecule has 4 nitrogen and oxygen atoms in total. The second-order valence-corrected chi connectivity index (χ2v) is 5.10. The third kappa shape index (κ3) is 3.58. The van der Waals surface area contributed by atoms with E-state index in [1.54, 1.807) is 0 Å². The van der Waals surface area contributed by atoms with Crippen molar-refractivity contribution in [1.29, 1.82) is 0 Å². The van der Waals surface area contributed by atoms with Gasteiger partial charge in [0.1, 0.15) is 0 Å². The smallest absolute Gasteiger partial charge is 0.393 e. The number of amides is 1. The lowest BCUT2D eigenvalue weighted by Gasteiger charge is -2.29. The highest BCUT2D eigenvalue weighted by atomic mass is 19.4. The Hall–Kier alpha value is -0.820. The highest BCUT2D eigenvalue weighted by Gasteiger charge is 2.53. The van der Waals surface area contributed by atoms with E-state index in [9.17, 15) is 23.1 Å². The maximum absolute atomic E-state index is 12.5. The molecular formula is C11H19F3N2O2. The van der Waals surface area contributed by atoms with Gasteiger partial charge in [-0.2, -0.15) is 13.2 Å². The molecule has 3 atom stereocenters. The first-order valence-corrected chi connectivity index (χ1v) is 5.96. The number of hydrogen-bond donors (Lipinski definition) is 3. The van der Waals surface area contributed by atoms with E-state index >= 15 is 0 Å². The van der Waals surface area contributed by atoms with Gasteiger partial charge in [-0.15, -0.1) is 0 Å². The van der Waals surface area contributed by atoms with Gasteiger partial charge in [-0.1, -0.05) is 6.42 Å². The molecule has 18 heavy (non-hydrogen) atoms. The minimum Gasteiger partial charge on any atom is -0.393 e. The van der Waals surface area contributed by atoms with Crippen molar-refractivity contribution >= 4 is 5.91 Å². The summed E-state index contributed by atoms with van der Waals surface area (Å²) in [6.07, 6.45) is -2.36. The second kappa shape index (κ2) is 5.44. The van der Waals surface area contributed by atoms with Gasteiger partial charge in [0.05, 0.1) is 6.10 Å². The number of halogens is 3. The number of rotatable bonds is 3. The highest BCUT2D eigenvalue weighted by Crippen LogP contribution is 2.28. The summed E-state index contributed by atoms with van der Waals surface area (Å²) >= 11 is 0. The number of aliphatic hydroxyl groups is 1. The van der Waals surface area contributed by atoms with Gasteiger partial charge < -0.3 is 16.2 Å². The van der Waals surface area contributed by atoms with Gasteiger partial charge >= 0.3 is 6.18 Å². The summed E-state index contributed by atoms with van der Waals surface area (Å²) < 4.78 is 37.5. The van der Waals surface area contributed by atoms with E-state index in [-0.39, 0.29) is 12.5 Å².